The number of ether oxygens (including phenoxy) is 1. The Morgan fingerprint density at radius 1 is 1.14 bits per heavy atom. The molecule has 5 nitrogen and oxygen atoms in total. The van der Waals surface area contributed by atoms with Gasteiger partial charge in [-0.15, -0.1) is 0 Å². The van der Waals surface area contributed by atoms with Gasteiger partial charge in [-0.2, -0.15) is 0 Å². The first-order chi connectivity index (χ1) is 10.6. The molecule has 1 aliphatic rings. The van der Waals surface area contributed by atoms with Crippen molar-refractivity contribution in [2.75, 3.05) is 18.0 Å². The first-order valence-electron chi connectivity index (χ1n) is 7.44. The van der Waals surface area contributed by atoms with Gasteiger partial charge < -0.3 is 9.64 Å². The Labute approximate surface area is 135 Å². The van der Waals surface area contributed by atoms with E-state index in [4.69, 9.17) is 16.3 Å². The molecule has 2 aromatic heterocycles. The minimum atomic E-state index is 0.195. The molecule has 0 saturated carbocycles. The van der Waals surface area contributed by atoms with E-state index in [-0.39, 0.29) is 6.10 Å². The molecule has 3 heterocycles. The van der Waals surface area contributed by atoms with Gasteiger partial charge in [0.15, 0.2) is 0 Å². The standard InChI is InChI=1S/C16H19ClN4O/c1-11-7-16(20-12(2)19-11)21-5-3-14(4-6-21)22-15-8-13(17)9-18-10-15/h7-10,14H,3-6H2,1-2H3. The van der Waals surface area contributed by atoms with Gasteiger partial charge in [-0.25, -0.2) is 9.97 Å². The number of anilines is 1. The molecule has 0 radical (unpaired) electrons. The molecular formula is C16H19ClN4O. The number of pyridine rings is 1. The molecule has 6 heteroatoms. The van der Waals surface area contributed by atoms with E-state index in [0.29, 0.717) is 5.02 Å². The van der Waals surface area contributed by atoms with E-state index in [0.717, 1.165) is 49.0 Å². The van der Waals surface area contributed by atoms with Crippen LogP contribution in [0.1, 0.15) is 24.4 Å². The smallest absolute Gasteiger partial charge is 0.139 e. The van der Waals surface area contributed by atoms with E-state index >= 15 is 0 Å². The first-order valence-corrected chi connectivity index (χ1v) is 7.82. The predicted octanol–water partition coefficient (Wildman–Crippen LogP) is 3.19. The molecule has 0 aliphatic carbocycles. The lowest BCUT2D eigenvalue weighted by atomic mass is 10.1. The zero-order valence-electron chi connectivity index (χ0n) is 12.8. The Kier molecular flexibility index (Phi) is 4.43. The summed E-state index contributed by atoms with van der Waals surface area (Å²) >= 11 is 5.93. The summed E-state index contributed by atoms with van der Waals surface area (Å²) in [4.78, 5) is 15.2. The van der Waals surface area contributed by atoms with Gasteiger partial charge in [0.05, 0.1) is 11.2 Å². The Morgan fingerprint density at radius 3 is 2.59 bits per heavy atom. The monoisotopic (exact) mass is 318 g/mol. The van der Waals surface area contributed by atoms with Crippen LogP contribution in [0.3, 0.4) is 0 Å². The highest BCUT2D eigenvalue weighted by Crippen LogP contribution is 2.23. The third-order valence-electron chi connectivity index (χ3n) is 3.70. The summed E-state index contributed by atoms with van der Waals surface area (Å²) in [6, 6.07) is 3.84. The van der Waals surface area contributed by atoms with Crippen molar-refractivity contribution in [2.24, 2.45) is 0 Å². The van der Waals surface area contributed by atoms with Gasteiger partial charge in [0.25, 0.3) is 0 Å². The molecule has 1 aliphatic heterocycles. The largest absolute Gasteiger partial charge is 0.489 e. The van der Waals surface area contributed by atoms with Crippen molar-refractivity contribution in [1.29, 1.82) is 0 Å². The summed E-state index contributed by atoms with van der Waals surface area (Å²) in [5.41, 5.74) is 1.01. The van der Waals surface area contributed by atoms with Gasteiger partial charge in [-0.3, -0.25) is 4.98 Å². The molecule has 2 aromatic rings. The molecule has 3 rings (SSSR count). The highest BCUT2D eigenvalue weighted by molar-refractivity contribution is 6.30. The van der Waals surface area contributed by atoms with Gasteiger partial charge in [-0.05, 0) is 13.8 Å². The molecule has 0 amide bonds. The van der Waals surface area contributed by atoms with Crippen molar-refractivity contribution in [1.82, 2.24) is 15.0 Å². The third kappa shape index (κ3) is 3.65. The lowest BCUT2D eigenvalue weighted by Gasteiger charge is -2.33. The van der Waals surface area contributed by atoms with Crippen molar-refractivity contribution in [3.8, 4) is 5.75 Å². The van der Waals surface area contributed by atoms with Crippen LogP contribution in [0.4, 0.5) is 5.82 Å². The topological polar surface area (TPSA) is 51.1 Å². The summed E-state index contributed by atoms with van der Waals surface area (Å²) in [6.45, 7) is 5.78. The van der Waals surface area contributed by atoms with E-state index in [1.807, 2.05) is 19.9 Å². The van der Waals surface area contributed by atoms with Gasteiger partial charge in [0.1, 0.15) is 23.5 Å². The maximum atomic E-state index is 5.96. The maximum Gasteiger partial charge on any atom is 0.139 e. The average molecular weight is 319 g/mol. The van der Waals surface area contributed by atoms with E-state index in [1.165, 1.54) is 0 Å². The lowest BCUT2D eigenvalue weighted by molar-refractivity contribution is 0.170. The minimum absolute atomic E-state index is 0.195. The van der Waals surface area contributed by atoms with E-state index in [2.05, 4.69) is 19.9 Å². The molecule has 0 bridgehead atoms. The van der Waals surface area contributed by atoms with Crippen LogP contribution >= 0.6 is 11.6 Å². The van der Waals surface area contributed by atoms with Crippen LogP contribution in [0.5, 0.6) is 5.75 Å². The van der Waals surface area contributed by atoms with Crippen LogP contribution < -0.4 is 9.64 Å². The van der Waals surface area contributed by atoms with Crippen LogP contribution in [0, 0.1) is 13.8 Å². The molecule has 1 fully saturated rings. The molecule has 0 atom stereocenters. The molecule has 1 saturated heterocycles. The summed E-state index contributed by atoms with van der Waals surface area (Å²) in [7, 11) is 0. The number of piperidine rings is 1. The number of nitrogens with zero attached hydrogens (tertiary/aromatic N) is 4. The Hall–Kier alpha value is -1.88. The van der Waals surface area contributed by atoms with Crippen LogP contribution in [-0.2, 0) is 0 Å². The lowest BCUT2D eigenvalue weighted by Crippen LogP contribution is -2.38. The predicted molar refractivity (Wildman–Crippen MR) is 86.6 cm³/mol. The van der Waals surface area contributed by atoms with Crippen LogP contribution in [0.15, 0.2) is 24.5 Å². The SMILES string of the molecule is Cc1cc(N2CCC(Oc3cncc(Cl)c3)CC2)nc(C)n1. The Bertz CT molecular complexity index is 636. The van der Waals surface area contributed by atoms with Crippen LogP contribution in [0.2, 0.25) is 5.02 Å². The van der Waals surface area contributed by atoms with Gasteiger partial charge in [0.2, 0.25) is 0 Å². The van der Waals surface area contributed by atoms with Gasteiger partial charge in [-0.1, -0.05) is 11.6 Å². The highest BCUT2D eigenvalue weighted by atomic mass is 35.5. The second-order valence-electron chi connectivity index (χ2n) is 5.56. The molecule has 116 valence electrons. The molecular weight excluding hydrogens is 300 g/mol. The van der Waals surface area contributed by atoms with Crippen LogP contribution in [0.25, 0.3) is 0 Å². The molecule has 0 spiro atoms. The van der Waals surface area contributed by atoms with Crippen molar-refractivity contribution in [2.45, 2.75) is 32.8 Å². The summed E-state index contributed by atoms with van der Waals surface area (Å²) in [5.74, 6) is 2.56. The third-order valence-corrected chi connectivity index (χ3v) is 3.91. The van der Waals surface area contributed by atoms with Gasteiger partial charge in [0, 0.05) is 50.0 Å². The van der Waals surface area contributed by atoms with E-state index in [9.17, 15) is 0 Å². The fourth-order valence-corrected chi connectivity index (χ4v) is 2.88. The van der Waals surface area contributed by atoms with Gasteiger partial charge >= 0.3 is 0 Å². The number of hydrogen-bond acceptors (Lipinski definition) is 5. The molecule has 0 aromatic carbocycles. The number of hydrogen-bond donors (Lipinski definition) is 0. The second kappa shape index (κ2) is 6.48. The Balaban J connectivity index is 1.60. The number of aryl methyl sites for hydroxylation is 2. The zero-order chi connectivity index (χ0) is 15.5. The summed E-state index contributed by atoms with van der Waals surface area (Å²) in [6.07, 6.45) is 5.41. The van der Waals surface area contributed by atoms with Crippen molar-refractivity contribution in [3.63, 3.8) is 0 Å². The van der Waals surface area contributed by atoms with E-state index < -0.39 is 0 Å². The Morgan fingerprint density at radius 2 is 1.91 bits per heavy atom. The minimum Gasteiger partial charge on any atom is -0.489 e. The quantitative estimate of drug-likeness (QED) is 0.870. The molecule has 22 heavy (non-hydrogen) atoms. The zero-order valence-corrected chi connectivity index (χ0v) is 13.5. The molecule has 0 N–H and O–H groups in total. The maximum absolute atomic E-state index is 5.96. The normalized spacial score (nSPS) is 15.9. The van der Waals surface area contributed by atoms with Crippen molar-refractivity contribution < 1.29 is 4.74 Å². The summed E-state index contributed by atoms with van der Waals surface area (Å²) in [5, 5.41) is 0.599. The first kappa shape index (κ1) is 15.0. The van der Waals surface area contributed by atoms with Crippen molar-refractivity contribution >= 4 is 17.4 Å². The number of aromatic nitrogens is 3. The fraction of sp³-hybridized carbons (Fsp3) is 0.438. The van der Waals surface area contributed by atoms with E-state index in [1.54, 1.807) is 18.5 Å². The number of rotatable bonds is 3. The average Bonchev–Trinajstić information content (AvgIpc) is 2.47. The number of halogens is 1. The van der Waals surface area contributed by atoms with Crippen LogP contribution in [-0.4, -0.2) is 34.1 Å². The summed E-state index contributed by atoms with van der Waals surface area (Å²) < 4.78 is 5.96. The van der Waals surface area contributed by atoms with Crippen molar-refractivity contribution in [3.05, 3.63) is 41.1 Å². The second-order valence-corrected chi connectivity index (χ2v) is 5.99. The molecule has 0 unspecified atom stereocenters. The highest BCUT2D eigenvalue weighted by Gasteiger charge is 2.22. The fourth-order valence-electron chi connectivity index (χ4n) is 2.71.